The first kappa shape index (κ1) is 21.3. The monoisotopic (exact) mass is 400 g/mol. The van der Waals surface area contributed by atoms with Gasteiger partial charge in [-0.2, -0.15) is 0 Å². The molecule has 2 fully saturated rings. The molecule has 0 unspecified atom stereocenters. The summed E-state index contributed by atoms with van der Waals surface area (Å²) < 4.78 is 0. The quantitative estimate of drug-likeness (QED) is 0.713. The number of hydrogen-bond acceptors (Lipinski definition) is 4. The van der Waals surface area contributed by atoms with E-state index in [2.05, 4.69) is 18.8 Å². The van der Waals surface area contributed by atoms with Gasteiger partial charge in [0, 0.05) is 32.4 Å². The van der Waals surface area contributed by atoms with Crippen LogP contribution in [0.3, 0.4) is 0 Å². The number of carbonyl (C=O) groups excluding carboxylic acids is 3. The predicted molar refractivity (Wildman–Crippen MR) is 110 cm³/mol. The van der Waals surface area contributed by atoms with E-state index in [1.165, 1.54) is 4.90 Å². The van der Waals surface area contributed by atoms with Crippen molar-refractivity contribution >= 4 is 17.8 Å². The molecule has 4 amide bonds. The second-order valence-electron chi connectivity index (χ2n) is 9.09. The average Bonchev–Trinajstić information content (AvgIpc) is 2.84. The molecule has 3 heterocycles. The van der Waals surface area contributed by atoms with Gasteiger partial charge in [0.1, 0.15) is 11.2 Å². The second-order valence-corrected chi connectivity index (χ2v) is 9.09. The Morgan fingerprint density at radius 2 is 1.72 bits per heavy atom. The van der Waals surface area contributed by atoms with Gasteiger partial charge in [-0.15, -0.1) is 0 Å². The highest BCUT2D eigenvalue weighted by atomic mass is 16.2. The number of aromatic nitrogens is 1. The van der Waals surface area contributed by atoms with Gasteiger partial charge in [-0.05, 0) is 43.2 Å². The molecule has 1 aromatic rings. The van der Waals surface area contributed by atoms with Gasteiger partial charge in [0.25, 0.3) is 11.8 Å². The lowest BCUT2D eigenvalue weighted by Gasteiger charge is -2.42. The number of likely N-dealkylation sites (tertiary alicyclic amines) is 1. The Balaban J connectivity index is 1.82. The zero-order valence-electron chi connectivity index (χ0n) is 18.1. The Bertz CT molecular complexity index is 797. The topological polar surface area (TPSA) is 73.8 Å². The maximum atomic E-state index is 13.4. The normalized spacial score (nSPS) is 19.2. The minimum Gasteiger partial charge on any atom is -0.337 e. The van der Waals surface area contributed by atoms with E-state index < -0.39 is 5.54 Å². The molecular weight excluding hydrogens is 368 g/mol. The number of pyridine rings is 1. The molecule has 0 atom stereocenters. The number of rotatable bonds is 5. The third-order valence-electron chi connectivity index (χ3n) is 5.81. The summed E-state index contributed by atoms with van der Waals surface area (Å²) in [6.45, 7) is 11.9. The van der Waals surface area contributed by atoms with Crippen molar-refractivity contribution in [2.75, 3.05) is 26.2 Å². The third kappa shape index (κ3) is 3.87. The maximum absolute atomic E-state index is 13.4. The van der Waals surface area contributed by atoms with Crippen molar-refractivity contribution in [3.8, 4) is 0 Å². The van der Waals surface area contributed by atoms with Crippen LogP contribution in [0.2, 0.25) is 0 Å². The standard InChI is InChI=1S/C22H32N4O3/c1-15(2)13-25-20(28)22(26(21(25)29)14-16(3)4)8-11-24(12-9-22)19(27)18-17(5)7-6-10-23-18/h6-7,10,15-16H,8-9,11-14H2,1-5H3. The zero-order valence-corrected chi connectivity index (χ0v) is 18.1. The van der Waals surface area contributed by atoms with E-state index in [0.717, 1.165) is 5.56 Å². The van der Waals surface area contributed by atoms with Crippen molar-refractivity contribution in [2.24, 2.45) is 11.8 Å². The Hall–Kier alpha value is -2.44. The Morgan fingerprint density at radius 1 is 1.10 bits per heavy atom. The molecule has 0 bridgehead atoms. The number of carbonyl (C=O) groups is 3. The van der Waals surface area contributed by atoms with Crippen LogP contribution in [0.4, 0.5) is 4.79 Å². The van der Waals surface area contributed by atoms with Crippen LogP contribution >= 0.6 is 0 Å². The number of aryl methyl sites for hydroxylation is 1. The number of nitrogens with zero attached hydrogens (tertiary/aromatic N) is 4. The number of urea groups is 1. The van der Waals surface area contributed by atoms with Crippen LogP contribution in [0.1, 0.15) is 56.6 Å². The van der Waals surface area contributed by atoms with Crippen molar-refractivity contribution in [3.05, 3.63) is 29.6 Å². The van der Waals surface area contributed by atoms with Gasteiger partial charge in [0.2, 0.25) is 0 Å². The van der Waals surface area contributed by atoms with Crippen LogP contribution in [-0.2, 0) is 4.79 Å². The summed E-state index contributed by atoms with van der Waals surface area (Å²) in [5, 5.41) is 0. The molecule has 1 aromatic heterocycles. The molecule has 7 heteroatoms. The molecule has 2 saturated heterocycles. The van der Waals surface area contributed by atoms with Gasteiger partial charge in [0.05, 0.1) is 0 Å². The van der Waals surface area contributed by atoms with E-state index in [9.17, 15) is 14.4 Å². The molecular formula is C22H32N4O3. The van der Waals surface area contributed by atoms with Gasteiger partial charge >= 0.3 is 6.03 Å². The third-order valence-corrected chi connectivity index (χ3v) is 5.81. The lowest BCUT2D eigenvalue weighted by molar-refractivity contribution is -0.135. The van der Waals surface area contributed by atoms with Crippen LogP contribution in [0.25, 0.3) is 0 Å². The fourth-order valence-corrected chi connectivity index (χ4v) is 4.35. The number of amides is 4. The predicted octanol–water partition coefficient (Wildman–Crippen LogP) is 2.94. The van der Waals surface area contributed by atoms with E-state index in [0.29, 0.717) is 44.7 Å². The second kappa shape index (κ2) is 8.13. The Morgan fingerprint density at radius 3 is 2.28 bits per heavy atom. The van der Waals surface area contributed by atoms with E-state index in [-0.39, 0.29) is 29.7 Å². The Kier molecular flexibility index (Phi) is 5.96. The number of piperidine rings is 1. The molecule has 158 valence electrons. The molecule has 0 aromatic carbocycles. The zero-order chi connectivity index (χ0) is 21.3. The minimum atomic E-state index is -0.827. The summed E-state index contributed by atoms with van der Waals surface area (Å²) in [7, 11) is 0. The van der Waals surface area contributed by atoms with E-state index in [1.807, 2.05) is 32.9 Å². The summed E-state index contributed by atoms with van der Waals surface area (Å²) in [6.07, 6.45) is 2.56. The first-order chi connectivity index (χ1) is 13.7. The van der Waals surface area contributed by atoms with Crippen molar-refractivity contribution in [3.63, 3.8) is 0 Å². The van der Waals surface area contributed by atoms with Crippen molar-refractivity contribution < 1.29 is 14.4 Å². The molecule has 7 nitrogen and oxygen atoms in total. The van der Waals surface area contributed by atoms with E-state index >= 15 is 0 Å². The molecule has 0 radical (unpaired) electrons. The van der Waals surface area contributed by atoms with Crippen molar-refractivity contribution in [1.29, 1.82) is 0 Å². The highest BCUT2D eigenvalue weighted by Crippen LogP contribution is 2.38. The minimum absolute atomic E-state index is 0.0991. The van der Waals surface area contributed by atoms with Gasteiger partial charge in [-0.25, -0.2) is 4.79 Å². The van der Waals surface area contributed by atoms with Gasteiger partial charge in [-0.3, -0.25) is 19.5 Å². The molecule has 0 aliphatic carbocycles. The lowest BCUT2D eigenvalue weighted by Crippen LogP contribution is -2.58. The lowest BCUT2D eigenvalue weighted by atomic mass is 9.85. The number of hydrogen-bond donors (Lipinski definition) is 0. The largest absolute Gasteiger partial charge is 0.337 e. The molecule has 1 spiro atoms. The van der Waals surface area contributed by atoms with Gasteiger partial charge < -0.3 is 9.80 Å². The molecule has 0 saturated carbocycles. The molecule has 3 rings (SSSR count). The van der Waals surface area contributed by atoms with E-state index in [1.54, 1.807) is 16.0 Å². The summed E-state index contributed by atoms with van der Waals surface area (Å²) in [5.41, 5.74) is 0.471. The van der Waals surface area contributed by atoms with Crippen molar-refractivity contribution in [1.82, 2.24) is 19.7 Å². The smallest absolute Gasteiger partial charge is 0.327 e. The summed E-state index contributed by atoms with van der Waals surface area (Å²) in [4.78, 5) is 48.6. The maximum Gasteiger partial charge on any atom is 0.327 e. The van der Waals surface area contributed by atoms with Crippen LogP contribution in [-0.4, -0.2) is 69.2 Å². The highest BCUT2D eigenvalue weighted by molar-refractivity contribution is 6.07. The van der Waals surface area contributed by atoms with Crippen LogP contribution in [0.15, 0.2) is 18.3 Å². The van der Waals surface area contributed by atoms with Crippen LogP contribution in [0.5, 0.6) is 0 Å². The van der Waals surface area contributed by atoms with Crippen LogP contribution in [0, 0.1) is 18.8 Å². The fourth-order valence-electron chi connectivity index (χ4n) is 4.35. The first-order valence-corrected chi connectivity index (χ1v) is 10.5. The Labute approximate surface area is 173 Å². The molecule has 29 heavy (non-hydrogen) atoms. The summed E-state index contributed by atoms with van der Waals surface area (Å²) in [5.74, 6) is 0.272. The average molecular weight is 401 g/mol. The summed E-state index contributed by atoms with van der Waals surface area (Å²) in [6, 6.07) is 3.50. The van der Waals surface area contributed by atoms with Gasteiger partial charge in [-0.1, -0.05) is 33.8 Å². The molecule has 0 N–H and O–H groups in total. The van der Waals surface area contributed by atoms with Crippen LogP contribution < -0.4 is 0 Å². The summed E-state index contributed by atoms with van der Waals surface area (Å²) >= 11 is 0. The number of imide groups is 1. The SMILES string of the molecule is Cc1cccnc1C(=O)N1CCC2(CC1)C(=O)N(CC(C)C)C(=O)N2CC(C)C. The molecule has 2 aliphatic rings. The highest BCUT2D eigenvalue weighted by Gasteiger charge is 2.58. The fraction of sp³-hybridized carbons (Fsp3) is 0.636. The van der Waals surface area contributed by atoms with Gasteiger partial charge in [0.15, 0.2) is 0 Å². The first-order valence-electron chi connectivity index (χ1n) is 10.5. The molecule has 2 aliphatic heterocycles. The van der Waals surface area contributed by atoms with Crippen molar-refractivity contribution in [2.45, 2.75) is 53.0 Å². The van der Waals surface area contributed by atoms with E-state index in [4.69, 9.17) is 0 Å².